The lowest BCUT2D eigenvalue weighted by atomic mass is 10.1. The van der Waals surface area contributed by atoms with Gasteiger partial charge in [-0.1, -0.05) is 39.3 Å². The predicted octanol–water partition coefficient (Wildman–Crippen LogP) is 5.05. The van der Waals surface area contributed by atoms with Gasteiger partial charge in [-0.05, 0) is 61.8 Å². The van der Waals surface area contributed by atoms with Crippen LogP contribution in [0.1, 0.15) is 19.8 Å². The number of hydrogen-bond acceptors (Lipinski definition) is 2. The fourth-order valence-electron chi connectivity index (χ4n) is 4.06. The van der Waals surface area contributed by atoms with Gasteiger partial charge in [0.05, 0.1) is 22.8 Å². The minimum Gasteiger partial charge on any atom is -0.463 e. The molecule has 0 N–H and O–H groups in total. The first kappa shape index (κ1) is 23.3. The molecule has 31 heavy (non-hydrogen) atoms. The molecule has 0 saturated heterocycles. The second-order valence-electron chi connectivity index (χ2n) is 10.2. The summed E-state index contributed by atoms with van der Waals surface area (Å²) in [7, 11) is -3.04. The molecule has 1 aliphatic carbocycles. The highest BCUT2D eigenvalue weighted by atomic mass is 28.3. The predicted molar refractivity (Wildman–Crippen MR) is 137 cm³/mol. The Kier molecular flexibility index (Phi) is 6.81. The average molecular weight is 453 g/mol. The van der Waals surface area contributed by atoms with Crippen molar-refractivity contribution in [1.82, 2.24) is 9.13 Å². The molecule has 2 heterocycles. The zero-order chi connectivity index (χ0) is 22.8. The number of nitrogens with zero attached hydrogens (tertiary/aromatic N) is 2. The van der Waals surface area contributed by atoms with E-state index in [1.54, 1.807) is 6.08 Å². The lowest BCUT2D eigenvalue weighted by Crippen LogP contribution is -2.42. The Balaban J connectivity index is 2.13. The smallest absolute Gasteiger partial charge is 0.331 e. The average Bonchev–Trinajstić information content (AvgIpc) is 3.29. The zero-order valence-corrected chi connectivity index (χ0v) is 22.0. The summed E-state index contributed by atoms with van der Waals surface area (Å²) in [6, 6.07) is 8.79. The molecule has 3 rings (SSSR count). The van der Waals surface area contributed by atoms with Crippen molar-refractivity contribution >= 4 is 44.1 Å². The molecular formula is C25H36N2O2Si2. The second-order valence-corrected chi connectivity index (χ2v) is 20.2. The number of ether oxygens (including phenoxy) is 1. The van der Waals surface area contributed by atoms with Crippen molar-refractivity contribution in [3.05, 3.63) is 60.5 Å². The molecule has 0 aliphatic heterocycles. The Morgan fingerprint density at radius 1 is 0.935 bits per heavy atom. The lowest BCUT2D eigenvalue weighted by molar-refractivity contribution is -0.137. The minimum absolute atomic E-state index is 0.266. The van der Waals surface area contributed by atoms with E-state index in [1.807, 2.05) is 6.92 Å². The standard InChI is InChI=1S/C25H36N2O2Si2/c1-8-29-25(28)18-20-13-14-21(26-15-9-11-23(26)30(2,3)4)19-22(17-20)27-16-10-12-24(27)31(5,6)7/h9-12,15-19H,8,13-14H2,1-7H3/b20-18+. The molecule has 0 amide bonds. The van der Waals surface area contributed by atoms with Crippen LogP contribution in [0.15, 0.2) is 60.5 Å². The number of esters is 1. The van der Waals surface area contributed by atoms with Crippen molar-refractivity contribution in [1.29, 1.82) is 0 Å². The van der Waals surface area contributed by atoms with Gasteiger partial charge in [0.25, 0.3) is 0 Å². The molecule has 0 saturated carbocycles. The molecule has 166 valence electrons. The molecule has 6 heteroatoms. The summed E-state index contributed by atoms with van der Waals surface area (Å²) in [5.74, 6) is -0.266. The van der Waals surface area contributed by atoms with E-state index < -0.39 is 16.1 Å². The van der Waals surface area contributed by atoms with Crippen LogP contribution >= 0.6 is 0 Å². The molecule has 0 bridgehead atoms. The van der Waals surface area contributed by atoms with Crippen LogP contribution in [0.4, 0.5) is 0 Å². The normalized spacial score (nSPS) is 16.7. The Morgan fingerprint density at radius 3 is 2.10 bits per heavy atom. The number of aromatic nitrogens is 2. The van der Waals surface area contributed by atoms with Crippen molar-refractivity contribution in [2.45, 2.75) is 59.0 Å². The van der Waals surface area contributed by atoms with Gasteiger partial charge in [-0.15, -0.1) is 0 Å². The maximum atomic E-state index is 12.2. The summed E-state index contributed by atoms with van der Waals surface area (Å²) in [5.41, 5.74) is 3.40. The molecular weight excluding hydrogens is 416 g/mol. The summed E-state index contributed by atoms with van der Waals surface area (Å²) < 4.78 is 9.88. The van der Waals surface area contributed by atoms with Crippen LogP contribution in [0.3, 0.4) is 0 Å². The van der Waals surface area contributed by atoms with Crippen LogP contribution in [-0.2, 0) is 9.53 Å². The van der Waals surface area contributed by atoms with Crippen molar-refractivity contribution in [3.63, 3.8) is 0 Å². The monoisotopic (exact) mass is 452 g/mol. The van der Waals surface area contributed by atoms with Gasteiger partial charge < -0.3 is 13.9 Å². The van der Waals surface area contributed by atoms with E-state index in [0.717, 1.165) is 24.1 Å². The van der Waals surface area contributed by atoms with E-state index in [9.17, 15) is 4.79 Å². The first-order chi connectivity index (χ1) is 14.5. The number of hydrogen-bond donors (Lipinski definition) is 0. The third-order valence-electron chi connectivity index (χ3n) is 5.53. The molecule has 2 aromatic rings. The number of rotatable bonds is 6. The highest BCUT2D eigenvalue weighted by molar-refractivity contribution is 6.88. The van der Waals surface area contributed by atoms with Crippen LogP contribution in [0.2, 0.25) is 39.3 Å². The largest absolute Gasteiger partial charge is 0.463 e. The van der Waals surface area contributed by atoms with Crippen LogP contribution in [0.5, 0.6) is 0 Å². The number of allylic oxidation sites excluding steroid dienone is 5. The third-order valence-corrected chi connectivity index (χ3v) is 9.42. The molecule has 0 spiro atoms. The Labute approximate surface area is 188 Å². The van der Waals surface area contributed by atoms with Gasteiger partial charge in [0.2, 0.25) is 0 Å². The summed E-state index contributed by atoms with van der Waals surface area (Å²) in [6.07, 6.45) is 12.1. The fraction of sp³-hybridized carbons (Fsp3) is 0.400. The fourth-order valence-corrected chi connectivity index (χ4v) is 7.12. The maximum absolute atomic E-state index is 12.2. The number of carbonyl (C=O) groups excluding carboxylic acids is 1. The maximum Gasteiger partial charge on any atom is 0.331 e. The third kappa shape index (κ3) is 5.49. The summed E-state index contributed by atoms with van der Waals surface area (Å²) in [5, 5.41) is 2.80. The van der Waals surface area contributed by atoms with E-state index in [4.69, 9.17) is 4.74 Å². The van der Waals surface area contributed by atoms with Gasteiger partial charge in [0, 0.05) is 40.5 Å². The van der Waals surface area contributed by atoms with E-state index in [1.165, 1.54) is 16.3 Å². The summed E-state index contributed by atoms with van der Waals surface area (Å²) >= 11 is 0. The lowest BCUT2D eigenvalue weighted by Gasteiger charge is -2.23. The van der Waals surface area contributed by atoms with Crippen LogP contribution in [0, 0.1) is 0 Å². The summed E-state index contributed by atoms with van der Waals surface area (Å²) in [6.45, 7) is 16.5. The van der Waals surface area contributed by atoms with E-state index >= 15 is 0 Å². The zero-order valence-electron chi connectivity index (χ0n) is 20.0. The highest BCUT2D eigenvalue weighted by Gasteiger charge is 2.24. The van der Waals surface area contributed by atoms with Gasteiger partial charge in [0.15, 0.2) is 0 Å². The molecule has 0 unspecified atom stereocenters. The van der Waals surface area contributed by atoms with E-state index in [-0.39, 0.29) is 5.97 Å². The van der Waals surface area contributed by atoms with E-state index in [0.29, 0.717) is 6.61 Å². The van der Waals surface area contributed by atoms with E-state index in [2.05, 4.69) is 97.2 Å². The van der Waals surface area contributed by atoms with Gasteiger partial charge >= 0.3 is 5.97 Å². The van der Waals surface area contributed by atoms with Gasteiger partial charge in [-0.2, -0.15) is 0 Å². The van der Waals surface area contributed by atoms with Crippen LogP contribution < -0.4 is 10.6 Å². The second kappa shape index (κ2) is 9.04. The van der Waals surface area contributed by atoms with Crippen LogP contribution in [-0.4, -0.2) is 37.9 Å². The first-order valence-corrected chi connectivity index (χ1v) is 18.2. The molecule has 4 nitrogen and oxygen atoms in total. The molecule has 0 fully saturated rings. The Morgan fingerprint density at radius 2 is 1.52 bits per heavy atom. The van der Waals surface area contributed by atoms with Gasteiger partial charge in [-0.25, -0.2) is 4.79 Å². The molecule has 0 aromatic carbocycles. The van der Waals surface area contributed by atoms with Gasteiger partial charge in [0.1, 0.15) is 0 Å². The molecule has 1 aliphatic rings. The van der Waals surface area contributed by atoms with Gasteiger partial charge in [-0.3, -0.25) is 0 Å². The quantitative estimate of drug-likeness (QED) is 0.349. The molecule has 0 radical (unpaired) electrons. The topological polar surface area (TPSA) is 36.2 Å². The van der Waals surface area contributed by atoms with Crippen molar-refractivity contribution in [2.75, 3.05) is 6.61 Å². The van der Waals surface area contributed by atoms with Crippen LogP contribution in [0.25, 0.3) is 11.4 Å². The highest BCUT2D eigenvalue weighted by Crippen LogP contribution is 2.27. The Bertz CT molecular complexity index is 1040. The minimum atomic E-state index is -1.54. The molecule has 2 aromatic heterocycles. The van der Waals surface area contributed by atoms with Crippen molar-refractivity contribution in [3.8, 4) is 0 Å². The Hall–Kier alpha value is -2.32. The SMILES string of the molecule is CCOC(=O)/C=C1/C=C(n2cccc2[Si](C)(C)C)C=C(n2cccc2[Si](C)(C)C)CC1. The summed E-state index contributed by atoms with van der Waals surface area (Å²) in [4.78, 5) is 12.2. The molecule has 0 atom stereocenters. The first-order valence-electron chi connectivity index (χ1n) is 11.2. The van der Waals surface area contributed by atoms with Crippen molar-refractivity contribution < 1.29 is 9.53 Å². The number of carbonyl (C=O) groups is 1. The van der Waals surface area contributed by atoms with Crippen molar-refractivity contribution in [2.24, 2.45) is 0 Å².